The van der Waals surface area contributed by atoms with Gasteiger partial charge in [0.1, 0.15) is 5.92 Å². The van der Waals surface area contributed by atoms with Crippen molar-refractivity contribution in [1.29, 1.82) is 5.26 Å². The van der Waals surface area contributed by atoms with Crippen LogP contribution in [0, 0.1) is 17.2 Å². The molecule has 0 unspecified atom stereocenters. The second kappa shape index (κ2) is 5.57. The quantitative estimate of drug-likeness (QED) is 0.826. The van der Waals surface area contributed by atoms with Crippen LogP contribution >= 0.6 is 0 Å². The van der Waals surface area contributed by atoms with Crippen LogP contribution in [0.2, 0.25) is 0 Å². The van der Waals surface area contributed by atoms with E-state index in [-0.39, 0.29) is 0 Å². The lowest BCUT2D eigenvalue weighted by Crippen LogP contribution is -2.41. The third kappa shape index (κ3) is 2.28. The fourth-order valence-corrected chi connectivity index (χ4v) is 2.42. The Morgan fingerprint density at radius 1 is 1.35 bits per heavy atom. The van der Waals surface area contributed by atoms with E-state index in [4.69, 9.17) is 4.74 Å². The third-order valence-corrected chi connectivity index (χ3v) is 3.34. The predicted octanol–water partition coefficient (Wildman–Crippen LogP) is 1.49. The molecule has 1 aromatic carbocycles. The number of hydrogen-bond acceptors (Lipinski definition) is 4. The lowest BCUT2D eigenvalue weighted by molar-refractivity contribution is -0.137. The maximum Gasteiger partial charge on any atom is 0.336 e. The van der Waals surface area contributed by atoms with Crippen molar-refractivity contribution < 1.29 is 14.3 Å². The topological polar surface area (TPSA) is 79.2 Å². The fraction of sp³-hybridized carbons (Fsp3) is 0.267. The van der Waals surface area contributed by atoms with Crippen LogP contribution < -0.4 is 5.32 Å². The van der Waals surface area contributed by atoms with Crippen LogP contribution in [0.3, 0.4) is 0 Å². The van der Waals surface area contributed by atoms with E-state index in [0.29, 0.717) is 11.3 Å². The summed E-state index contributed by atoms with van der Waals surface area (Å²) >= 11 is 0. The summed E-state index contributed by atoms with van der Waals surface area (Å²) in [5.41, 5.74) is 1.50. The standard InChI is InChI=1S/C15H14N2O3/c1-9-12(15(19)20-2)13(10-6-4-3-5-7-10)11(8-16)14(18)17-9/h3-7,11,13H,1-2H3,(H,17,18)/t11-,13-/m1/s1. The highest BCUT2D eigenvalue weighted by Gasteiger charge is 2.40. The summed E-state index contributed by atoms with van der Waals surface area (Å²) in [4.78, 5) is 23.9. The summed E-state index contributed by atoms with van der Waals surface area (Å²) in [7, 11) is 1.28. The van der Waals surface area contributed by atoms with Gasteiger partial charge in [0.25, 0.3) is 0 Å². The van der Waals surface area contributed by atoms with Gasteiger partial charge in [-0.2, -0.15) is 5.26 Å². The maximum absolute atomic E-state index is 12.0. The van der Waals surface area contributed by atoms with Crippen molar-refractivity contribution in [2.45, 2.75) is 12.8 Å². The molecule has 5 nitrogen and oxygen atoms in total. The van der Waals surface area contributed by atoms with E-state index in [0.717, 1.165) is 5.56 Å². The smallest absolute Gasteiger partial charge is 0.336 e. The van der Waals surface area contributed by atoms with Crippen molar-refractivity contribution in [3.8, 4) is 6.07 Å². The van der Waals surface area contributed by atoms with Gasteiger partial charge in [0.2, 0.25) is 5.91 Å². The molecule has 0 radical (unpaired) electrons. The third-order valence-electron chi connectivity index (χ3n) is 3.34. The Bertz CT molecular complexity index is 614. The van der Waals surface area contributed by atoms with Gasteiger partial charge in [-0.15, -0.1) is 0 Å². The van der Waals surface area contributed by atoms with Gasteiger partial charge in [-0.25, -0.2) is 4.79 Å². The highest BCUT2D eigenvalue weighted by atomic mass is 16.5. The molecular weight excluding hydrogens is 256 g/mol. The lowest BCUT2D eigenvalue weighted by atomic mass is 9.77. The zero-order valence-electron chi connectivity index (χ0n) is 11.2. The Morgan fingerprint density at radius 2 is 2.00 bits per heavy atom. The predicted molar refractivity (Wildman–Crippen MR) is 71.1 cm³/mol. The SMILES string of the molecule is COC(=O)C1=C(C)NC(=O)[C@H](C#N)[C@H]1c1ccccc1. The van der Waals surface area contributed by atoms with Crippen LogP contribution in [-0.4, -0.2) is 19.0 Å². The highest BCUT2D eigenvalue weighted by molar-refractivity contribution is 5.97. The number of nitrogens with one attached hydrogen (secondary N) is 1. The molecule has 1 aliphatic heterocycles. The first-order valence-corrected chi connectivity index (χ1v) is 6.14. The molecule has 1 N–H and O–H groups in total. The molecular formula is C15H14N2O3. The Hall–Kier alpha value is -2.61. The van der Waals surface area contributed by atoms with Gasteiger partial charge < -0.3 is 10.1 Å². The number of nitriles is 1. The Kier molecular flexibility index (Phi) is 3.85. The maximum atomic E-state index is 12.0. The van der Waals surface area contributed by atoms with Gasteiger partial charge in [-0.05, 0) is 12.5 Å². The summed E-state index contributed by atoms with van der Waals surface area (Å²) in [5, 5.41) is 11.8. The number of carbonyl (C=O) groups is 2. The minimum absolute atomic E-state index is 0.324. The number of esters is 1. The number of carbonyl (C=O) groups excluding carboxylic acids is 2. The van der Waals surface area contributed by atoms with E-state index in [1.807, 2.05) is 12.1 Å². The molecule has 5 heteroatoms. The van der Waals surface area contributed by atoms with E-state index in [1.165, 1.54) is 7.11 Å². The zero-order chi connectivity index (χ0) is 14.7. The van der Waals surface area contributed by atoms with Gasteiger partial charge in [0.15, 0.2) is 0 Å². The molecule has 102 valence electrons. The summed E-state index contributed by atoms with van der Waals surface area (Å²) in [6.45, 7) is 1.63. The second-order valence-corrected chi connectivity index (χ2v) is 4.51. The number of ether oxygens (including phenoxy) is 1. The average Bonchev–Trinajstić information content (AvgIpc) is 2.46. The molecule has 0 saturated carbocycles. The fourth-order valence-electron chi connectivity index (χ4n) is 2.42. The van der Waals surface area contributed by atoms with E-state index < -0.39 is 23.7 Å². The Morgan fingerprint density at radius 3 is 2.55 bits per heavy atom. The number of nitrogens with zero attached hydrogens (tertiary/aromatic N) is 1. The molecule has 0 spiro atoms. The van der Waals surface area contributed by atoms with E-state index in [1.54, 1.807) is 31.2 Å². The van der Waals surface area contributed by atoms with Crippen molar-refractivity contribution in [3.63, 3.8) is 0 Å². The molecule has 2 atom stereocenters. The number of benzene rings is 1. The van der Waals surface area contributed by atoms with Crippen molar-refractivity contribution >= 4 is 11.9 Å². The van der Waals surface area contributed by atoms with Crippen molar-refractivity contribution in [1.82, 2.24) is 5.32 Å². The van der Waals surface area contributed by atoms with Gasteiger partial charge in [0.05, 0.1) is 18.8 Å². The Labute approximate surface area is 116 Å². The zero-order valence-corrected chi connectivity index (χ0v) is 11.2. The molecule has 1 aromatic rings. The second-order valence-electron chi connectivity index (χ2n) is 4.51. The number of amides is 1. The van der Waals surface area contributed by atoms with Crippen LogP contribution in [0.1, 0.15) is 18.4 Å². The highest BCUT2D eigenvalue weighted by Crippen LogP contribution is 2.37. The molecule has 0 bridgehead atoms. The van der Waals surface area contributed by atoms with Crippen LogP contribution in [0.5, 0.6) is 0 Å². The first kappa shape index (κ1) is 13.8. The van der Waals surface area contributed by atoms with E-state index in [9.17, 15) is 14.9 Å². The molecule has 20 heavy (non-hydrogen) atoms. The van der Waals surface area contributed by atoms with Crippen molar-refractivity contribution in [2.75, 3.05) is 7.11 Å². The van der Waals surface area contributed by atoms with Crippen LogP contribution in [0.25, 0.3) is 0 Å². The van der Waals surface area contributed by atoms with E-state index in [2.05, 4.69) is 5.32 Å². The van der Waals surface area contributed by atoms with Gasteiger partial charge in [-0.1, -0.05) is 30.3 Å². The average molecular weight is 270 g/mol. The number of hydrogen-bond donors (Lipinski definition) is 1. The molecule has 1 amide bonds. The van der Waals surface area contributed by atoms with Crippen molar-refractivity contribution in [2.24, 2.45) is 5.92 Å². The lowest BCUT2D eigenvalue weighted by Gasteiger charge is -2.29. The molecule has 0 fully saturated rings. The normalized spacial score (nSPS) is 21.9. The summed E-state index contributed by atoms with van der Waals surface area (Å²) in [5.74, 6) is -2.49. The van der Waals surface area contributed by atoms with Gasteiger partial charge in [0, 0.05) is 11.6 Å². The molecule has 0 aromatic heterocycles. The number of rotatable bonds is 2. The molecule has 0 saturated heterocycles. The van der Waals surface area contributed by atoms with E-state index >= 15 is 0 Å². The van der Waals surface area contributed by atoms with Crippen LogP contribution in [0.15, 0.2) is 41.6 Å². The largest absolute Gasteiger partial charge is 0.466 e. The van der Waals surface area contributed by atoms with Crippen LogP contribution in [0.4, 0.5) is 0 Å². The van der Waals surface area contributed by atoms with Gasteiger partial charge in [-0.3, -0.25) is 4.79 Å². The molecule has 1 aliphatic rings. The molecule has 2 rings (SSSR count). The summed E-state index contributed by atoms with van der Waals surface area (Å²) < 4.78 is 4.78. The number of allylic oxidation sites excluding steroid dienone is 1. The number of methoxy groups -OCH3 is 1. The monoisotopic (exact) mass is 270 g/mol. The first-order valence-electron chi connectivity index (χ1n) is 6.14. The van der Waals surface area contributed by atoms with Crippen LogP contribution in [-0.2, 0) is 14.3 Å². The minimum atomic E-state index is -0.949. The molecule has 1 heterocycles. The van der Waals surface area contributed by atoms with Crippen molar-refractivity contribution in [3.05, 3.63) is 47.2 Å². The summed E-state index contributed by atoms with van der Waals surface area (Å²) in [6, 6.07) is 11.0. The molecule has 0 aliphatic carbocycles. The first-order chi connectivity index (χ1) is 9.60. The minimum Gasteiger partial charge on any atom is -0.466 e. The summed E-state index contributed by atoms with van der Waals surface area (Å²) in [6.07, 6.45) is 0. The Balaban J connectivity index is 2.61. The van der Waals surface area contributed by atoms with Gasteiger partial charge >= 0.3 is 5.97 Å².